The van der Waals surface area contributed by atoms with Crippen LogP contribution >= 0.6 is 11.3 Å². The number of anilines is 1. The molecule has 2 aromatic carbocycles. The van der Waals surface area contributed by atoms with Gasteiger partial charge in [-0.1, -0.05) is 36.3 Å². The Morgan fingerprint density at radius 1 is 1.16 bits per heavy atom. The van der Waals surface area contributed by atoms with E-state index in [1.807, 2.05) is 36.1 Å². The largest absolute Gasteiger partial charge is 0.461 e. The number of pyridine rings is 1. The predicted octanol–water partition coefficient (Wildman–Crippen LogP) is 6.42. The standard InChI is InChI=1S/C38H34F3N7O2S/c1-3-24-7-4-8-25-9-5-10-27(31(24)25)33-32(41)34-28(19-43-33)35(45-37(44-34)50-22-38-11-6-13-47(38)21-26(39)18-38)48-15-14-46(20-23(48)2)36(49)29(40)17-30-42-12-16-51-30/h1,4-5,7-10,12,16-17,19,23,26H,6,11,13-15,18,20-22H2,2H3/b29-17-/t23-,26-,38+/m1/s1. The molecule has 3 fully saturated rings. The summed E-state index contributed by atoms with van der Waals surface area (Å²) in [5, 5.41) is 4.01. The molecular formula is C38H34F3N7O2S. The quantitative estimate of drug-likeness (QED) is 0.141. The van der Waals surface area contributed by atoms with Crippen molar-refractivity contribution in [3.05, 3.63) is 76.4 Å². The van der Waals surface area contributed by atoms with Crippen LogP contribution in [0.15, 0.2) is 60.0 Å². The molecule has 5 aromatic rings. The molecular weight excluding hydrogens is 676 g/mol. The molecule has 3 saturated heterocycles. The highest BCUT2D eigenvalue weighted by molar-refractivity contribution is 7.10. The number of alkyl halides is 1. The minimum Gasteiger partial charge on any atom is -0.461 e. The monoisotopic (exact) mass is 709 g/mol. The van der Waals surface area contributed by atoms with Crippen molar-refractivity contribution in [2.24, 2.45) is 0 Å². The van der Waals surface area contributed by atoms with Crippen molar-refractivity contribution in [1.29, 1.82) is 0 Å². The highest BCUT2D eigenvalue weighted by atomic mass is 32.1. The Balaban J connectivity index is 1.18. The summed E-state index contributed by atoms with van der Waals surface area (Å²) in [6, 6.07) is 10.7. The van der Waals surface area contributed by atoms with Crippen LogP contribution in [0, 0.1) is 18.2 Å². The van der Waals surface area contributed by atoms with Crippen LogP contribution in [0.4, 0.5) is 19.0 Å². The number of carbonyl (C=O) groups is 1. The van der Waals surface area contributed by atoms with Gasteiger partial charge >= 0.3 is 6.01 Å². The van der Waals surface area contributed by atoms with Gasteiger partial charge in [-0.2, -0.15) is 9.97 Å². The number of thiazole rings is 1. The fraction of sp³-hybridized carbons (Fsp3) is 0.342. The Morgan fingerprint density at radius 2 is 2.00 bits per heavy atom. The molecule has 3 atom stereocenters. The summed E-state index contributed by atoms with van der Waals surface area (Å²) in [6.07, 6.45) is 11.2. The molecule has 0 saturated carbocycles. The van der Waals surface area contributed by atoms with Crippen molar-refractivity contribution in [2.45, 2.75) is 43.9 Å². The molecule has 3 aromatic heterocycles. The zero-order valence-electron chi connectivity index (χ0n) is 27.9. The average Bonchev–Trinajstić information content (AvgIpc) is 3.86. The minimum atomic E-state index is -0.942. The van der Waals surface area contributed by atoms with Gasteiger partial charge in [-0.25, -0.2) is 18.2 Å². The number of ether oxygens (including phenoxy) is 1. The van der Waals surface area contributed by atoms with Crippen molar-refractivity contribution in [2.75, 3.05) is 44.2 Å². The van der Waals surface area contributed by atoms with E-state index in [9.17, 15) is 13.6 Å². The molecule has 260 valence electrons. The Bertz CT molecular complexity index is 2220. The summed E-state index contributed by atoms with van der Waals surface area (Å²) >= 11 is 1.24. The van der Waals surface area contributed by atoms with Gasteiger partial charge in [-0.3, -0.25) is 14.7 Å². The lowest BCUT2D eigenvalue weighted by atomic mass is 9.95. The van der Waals surface area contributed by atoms with Crippen LogP contribution in [0.3, 0.4) is 0 Å². The van der Waals surface area contributed by atoms with Crippen LogP contribution in [0.25, 0.3) is 39.0 Å². The number of aromatic nitrogens is 4. The van der Waals surface area contributed by atoms with Crippen molar-refractivity contribution in [3.8, 4) is 29.6 Å². The number of carbonyl (C=O) groups excluding carboxylic acids is 1. The SMILES string of the molecule is C#Cc1cccc2cccc(-c3ncc4c(N5CCN(C(=O)/C(F)=C/c6nccs6)C[C@H]5C)nc(OC[C@@]56CCCN5C[C@H](F)C6)nc4c3F)c12. The number of benzene rings is 2. The van der Waals surface area contributed by atoms with Gasteiger partial charge in [-0.15, -0.1) is 17.8 Å². The van der Waals surface area contributed by atoms with Crippen molar-refractivity contribution in [1.82, 2.24) is 29.7 Å². The van der Waals surface area contributed by atoms with Gasteiger partial charge in [0, 0.05) is 79.0 Å². The second-order valence-electron chi connectivity index (χ2n) is 13.4. The Morgan fingerprint density at radius 3 is 2.78 bits per heavy atom. The topological polar surface area (TPSA) is 87.6 Å². The van der Waals surface area contributed by atoms with Crippen LogP contribution in [0.2, 0.25) is 0 Å². The van der Waals surface area contributed by atoms with Gasteiger partial charge in [0.25, 0.3) is 5.91 Å². The van der Waals surface area contributed by atoms with Gasteiger partial charge in [0.1, 0.15) is 34.8 Å². The van der Waals surface area contributed by atoms with E-state index in [4.69, 9.17) is 16.1 Å². The zero-order valence-corrected chi connectivity index (χ0v) is 28.7. The molecule has 0 aliphatic carbocycles. The first-order valence-electron chi connectivity index (χ1n) is 16.9. The number of hydrogen-bond acceptors (Lipinski definition) is 9. The van der Waals surface area contributed by atoms with E-state index < -0.39 is 29.3 Å². The summed E-state index contributed by atoms with van der Waals surface area (Å²) in [4.78, 5) is 36.6. The molecule has 13 heteroatoms. The van der Waals surface area contributed by atoms with Crippen LogP contribution in [-0.4, -0.2) is 92.7 Å². The summed E-state index contributed by atoms with van der Waals surface area (Å²) in [7, 11) is 0. The number of halogens is 3. The molecule has 0 spiro atoms. The van der Waals surface area contributed by atoms with Crippen LogP contribution in [0.5, 0.6) is 6.01 Å². The Kier molecular flexibility index (Phi) is 8.60. The second-order valence-corrected chi connectivity index (χ2v) is 14.3. The molecule has 51 heavy (non-hydrogen) atoms. The third-order valence-electron chi connectivity index (χ3n) is 10.3. The summed E-state index contributed by atoms with van der Waals surface area (Å²) in [5.41, 5.74) is 0.753. The normalized spacial score (nSPS) is 22.5. The number of terminal acetylenes is 1. The molecule has 1 amide bonds. The minimum absolute atomic E-state index is 0.00823. The van der Waals surface area contributed by atoms with E-state index in [1.54, 1.807) is 29.9 Å². The van der Waals surface area contributed by atoms with Crippen molar-refractivity contribution >= 4 is 50.8 Å². The van der Waals surface area contributed by atoms with Gasteiger partial charge in [0.15, 0.2) is 11.6 Å². The maximum absolute atomic E-state index is 16.9. The highest BCUT2D eigenvalue weighted by Crippen LogP contribution is 2.41. The fourth-order valence-electron chi connectivity index (χ4n) is 7.88. The second kappa shape index (κ2) is 13.2. The molecule has 0 bridgehead atoms. The maximum Gasteiger partial charge on any atom is 0.319 e. The van der Waals surface area contributed by atoms with E-state index in [-0.39, 0.29) is 49.5 Å². The first-order valence-corrected chi connectivity index (χ1v) is 17.8. The van der Waals surface area contributed by atoms with E-state index in [2.05, 4.69) is 25.8 Å². The number of rotatable bonds is 7. The van der Waals surface area contributed by atoms with Crippen molar-refractivity contribution in [3.63, 3.8) is 0 Å². The lowest BCUT2D eigenvalue weighted by molar-refractivity contribution is -0.129. The van der Waals surface area contributed by atoms with Crippen LogP contribution in [0.1, 0.15) is 36.8 Å². The van der Waals surface area contributed by atoms with E-state index >= 15 is 4.39 Å². The molecule has 3 aliphatic rings. The Labute approximate surface area is 296 Å². The third-order valence-corrected chi connectivity index (χ3v) is 11.0. The van der Waals surface area contributed by atoms with Crippen molar-refractivity contribution < 1.29 is 22.7 Å². The smallest absolute Gasteiger partial charge is 0.319 e. The van der Waals surface area contributed by atoms with Gasteiger partial charge in [-0.05, 0) is 37.8 Å². The van der Waals surface area contributed by atoms with Gasteiger partial charge in [0.2, 0.25) is 0 Å². The number of fused-ring (bicyclic) bond motifs is 3. The van der Waals surface area contributed by atoms with Gasteiger partial charge in [0.05, 0.1) is 10.9 Å². The number of amides is 1. The molecule has 9 nitrogen and oxygen atoms in total. The molecule has 8 rings (SSSR count). The summed E-state index contributed by atoms with van der Waals surface area (Å²) < 4.78 is 52.7. The number of nitrogens with zero attached hydrogens (tertiary/aromatic N) is 7. The molecule has 0 unspecified atom stereocenters. The van der Waals surface area contributed by atoms with Crippen LogP contribution in [-0.2, 0) is 4.79 Å². The van der Waals surface area contributed by atoms with E-state index in [1.165, 1.54) is 16.2 Å². The van der Waals surface area contributed by atoms with E-state index in [0.29, 0.717) is 45.7 Å². The molecule has 6 heterocycles. The summed E-state index contributed by atoms with van der Waals surface area (Å²) in [5.74, 6) is 0.800. The molecule has 0 radical (unpaired) electrons. The summed E-state index contributed by atoms with van der Waals surface area (Å²) in [6.45, 7) is 3.87. The zero-order chi connectivity index (χ0) is 35.3. The first-order chi connectivity index (χ1) is 24.7. The number of hydrogen-bond donors (Lipinski definition) is 0. The predicted molar refractivity (Wildman–Crippen MR) is 191 cm³/mol. The lowest BCUT2D eigenvalue weighted by Crippen LogP contribution is -2.54. The average molecular weight is 710 g/mol. The maximum atomic E-state index is 16.9. The molecule has 0 N–H and O–H groups in total. The lowest BCUT2D eigenvalue weighted by Gasteiger charge is -2.40. The molecule has 3 aliphatic heterocycles. The first kappa shape index (κ1) is 33.1. The highest BCUT2D eigenvalue weighted by Gasteiger charge is 2.49. The Hall–Kier alpha value is -5.06. The number of piperazine rings is 1. The third kappa shape index (κ3) is 5.96. The van der Waals surface area contributed by atoms with Gasteiger partial charge < -0.3 is 14.5 Å². The fourth-order valence-corrected chi connectivity index (χ4v) is 8.44. The van der Waals surface area contributed by atoms with E-state index in [0.717, 1.165) is 30.8 Å². The van der Waals surface area contributed by atoms with Crippen LogP contribution < -0.4 is 9.64 Å².